The van der Waals surface area contributed by atoms with Gasteiger partial charge in [-0.25, -0.2) is 4.79 Å². The average molecular weight is 251 g/mol. The van der Waals surface area contributed by atoms with Gasteiger partial charge in [-0.05, 0) is 24.3 Å². The van der Waals surface area contributed by atoms with Gasteiger partial charge < -0.3 is 9.64 Å². The van der Waals surface area contributed by atoms with Gasteiger partial charge in [-0.2, -0.15) is 0 Å². The molecule has 2 rings (SSSR count). The molecule has 0 aromatic heterocycles. The maximum atomic E-state index is 12.2. The third kappa shape index (κ3) is 3.45. The number of halogens is 1. The summed E-state index contributed by atoms with van der Waals surface area (Å²) in [5.41, 5.74) is 0.977. The van der Waals surface area contributed by atoms with Gasteiger partial charge in [0.15, 0.2) is 0 Å². The van der Waals surface area contributed by atoms with Gasteiger partial charge in [0.1, 0.15) is 6.61 Å². The van der Waals surface area contributed by atoms with Crippen molar-refractivity contribution in [2.24, 2.45) is 5.92 Å². The standard InChI is InChI=1S/C14H18FNO2/c15-8-6-12-7-9-16(10-12)14(17)18-11-13-4-2-1-3-5-13/h1-5,12H,6-11H2. The van der Waals surface area contributed by atoms with Gasteiger partial charge >= 0.3 is 6.09 Å². The highest BCUT2D eigenvalue weighted by atomic mass is 19.1. The zero-order valence-electron chi connectivity index (χ0n) is 10.3. The molecular formula is C14H18FNO2. The monoisotopic (exact) mass is 251 g/mol. The van der Waals surface area contributed by atoms with Crippen molar-refractivity contribution < 1.29 is 13.9 Å². The summed E-state index contributed by atoms with van der Waals surface area (Å²) in [5.74, 6) is 0.291. The van der Waals surface area contributed by atoms with Crippen LogP contribution in [0.5, 0.6) is 0 Å². The number of ether oxygens (including phenoxy) is 1. The number of rotatable bonds is 4. The molecule has 0 aliphatic carbocycles. The molecule has 0 saturated carbocycles. The fourth-order valence-corrected chi connectivity index (χ4v) is 2.20. The minimum Gasteiger partial charge on any atom is -0.445 e. The predicted octanol–water partition coefficient (Wildman–Crippen LogP) is 3.00. The fourth-order valence-electron chi connectivity index (χ4n) is 2.20. The summed E-state index contributed by atoms with van der Waals surface area (Å²) in [6, 6.07) is 9.59. The maximum Gasteiger partial charge on any atom is 0.410 e. The summed E-state index contributed by atoms with van der Waals surface area (Å²) < 4.78 is 17.4. The van der Waals surface area contributed by atoms with Crippen molar-refractivity contribution in [1.29, 1.82) is 0 Å². The smallest absolute Gasteiger partial charge is 0.410 e. The van der Waals surface area contributed by atoms with Gasteiger partial charge in [0.05, 0.1) is 6.67 Å². The third-order valence-electron chi connectivity index (χ3n) is 3.27. The van der Waals surface area contributed by atoms with Crippen LogP contribution in [0, 0.1) is 5.92 Å². The summed E-state index contributed by atoms with van der Waals surface area (Å²) in [6.07, 6.45) is 1.13. The minimum absolute atomic E-state index is 0.291. The Hall–Kier alpha value is -1.58. The summed E-state index contributed by atoms with van der Waals surface area (Å²) in [4.78, 5) is 13.4. The second-order valence-corrected chi connectivity index (χ2v) is 4.62. The molecule has 18 heavy (non-hydrogen) atoms. The van der Waals surface area contributed by atoms with Gasteiger partial charge in [-0.3, -0.25) is 4.39 Å². The van der Waals surface area contributed by atoms with Crippen LogP contribution in [-0.2, 0) is 11.3 Å². The lowest BCUT2D eigenvalue weighted by molar-refractivity contribution is 0.103. The largest absolute Gasteiger partial charge is 0.445 e. The topological polar surface area (TPSA) is 29.5 Å². The Bertz CT molecular complexity index is 383. The van der Waals surface area contributed by atoms with Crippen LogP contribution >= 0.6 is 0 Å². The van der Waals surface area contributed by atoms with Crippen LogP contribution in [0.15, 0.2) is 30.3 Å². The van der Waals surface area contributed by atoms with Crippen molar-refractivity contribution in [2.45, 2.75) is 19.4 Å². The molecule has 4 heteroatoms. The Morgan fingerprint density at radius 3 is 2.89 bits per heavy atom. The molecule has 0 spiro atoms. The zero-order chi connectivity index (χ0) is 12.8. The second-order valence-electron chi connectivity index (χ2n) is 4.62. The molecule has 1 aromatic rings. The van der Waals surface area contributed by atoms with Gasteiger partial charge in [0, 0.05) is 13.1 Å². The van der Waals surface area contributed by atoms with E-state index in [0.717, 1.165) is 12.0 Å². The van der Waals surface area contributed by atoms with Crippen LogP contribution < -0.4 is 0 Å². The third-order valence-corrected chi connectivity index (χ3v) is 3.27. The molecular weight excluding hydrogens is 233 g/mol. The number of hydrogen-bond acceptors (Lipinski definition) is 2. The SMILES string of the molecule is O=C(OCc1ccccc1)N1CCC(CCF)C1. The normalized spacial score (nSPS) is 18.9. The summed E-state index contributed by atoms with van der Waals surface area (Å²) in [5, 5.41) is 0. The Labute approximate surface area is 107 Å². The average Bonchev–Trinajstić information content (AvgIpc) is 2.86. The maximum absolute atomic E-state index is 12.2. The molecule has 1 aliphatic rings. The van der Waals surface area contributed by atoms with E-state index in [1.54, 1.807) is 4.90 Å². The number of hydrogen-bond donors (Lipinski definition) is 0. The van der Waals surface area contributed by atoms with Crippen LogP contribution in [-0.4, -0.2) is 30.8 Å². The Morgan fingerprint density at radius 2 is 2.17 bits per heavy atom. The summed E-state index contributed by atoms with van der Waals surface area (Å²) in [7, 11) is 0. The van der Waals surface area contributed by atoms with Crippen molar-refractivity contribution in [3.05, 3.63) is 35.9 Å². The number of likely N-dealkylation sites (tertiary alicyclic amines) is 1. The zero-order valence-corrected chi connectivity index (χ0v) is 10.3. The molecule has 1 amide bonds. The summed E-state index contributed by atoms with van der Waals surface area (Å²) >= 11 is 0. The highest BCUT2D eigenvalue weighted by Gasteiger charge is 2.26. The quantitative estimate of drug-likeness (QED) is 0.823. The first kappa shape index (κ1) is 12.9. The van der Waals surface area contributed by atoms with Crippen molar-refractivity contribution >= 4 is 6.09 Å². The first-order valence-electron chi connectivity index (χ1n) is 6.31. The van der Waals surface area contributed by atoms with Crippen molar-refractivity contribution in [1.82, 2.24) is 4.90 Å². The molecule has 1 fully saturated rings. The molecule has 0 radical (unpaired) electrons. The van der Waals surface area contributed by atoms with E-state index in [2.05, 4.69) is 0 Å². The number of amides is 1. The van der Waals surface area contributed by atoms with Crippen LogP contribution in [0.4, 0.5) is 9.18 Å². The van der Waals surface area contributed by atoms with E-state index in [1.165, 1.54) is 0 Å². The lowest BCUT2D eigenvalue weighted by Gasteiger charge is -2.16. The van der Waals surface area contributed by atoms with Crippen LogP contribution in [0.1, 0.15) is 18.4 Å². The number of alkyl halides is 1. The van der Waals surface area contributed by atoms with Gasteiger partial charge in [0.2, 0.25) is 0 Å². The van der Waals surface area contributed by atoms with E-state index in [0.29, 0.717) is 32.0 Å². The van der Waals surface area contributed by atoms with E-state index in [-0.39, 0.29) is 12.8 Å². The Kier molecular flexibility index (Phi) is 4.56. The van der Waals surface area contributed by atoms with E-state index in [9.17, 15) is 9.18 Å². The first-order valence-corrected chi connectivity index (χ1v) is 6.31. The molecule has 1 atom stereocenters. The molecule has 98 valence electrons. The van der Waals surface area contributed by atoms with Crippen LogP contribution in [0.3, 0.4) is 0 Å². The second kappa shape index (κ2) is 6.38. The molecule has 1 saturated heterocycles. The molecule has 1 aromatic carbocycles. The molecule has 0 N–H and O–H groups in total. The molecule has 3 nitrogen and oxygen atoms in total. The highest BCUT2D eigenvalue weighted by Crippen LogP contribution is 2.20. The van der Waals surface area contributed by atoms with E-state index < -0.39 is 0 Å². The summed E-state index contributed by atoms with van der Waals surface area (Å²) in [6.45, 7) is 1.29. The Morgan fingerprint density at radius 1 is 1.39 bits per heavy atom. The van der Waals surface area contributed by atoms with Gasteiger partial charge in [-0.1, -0.05) is 30.3 Å². The van der Waals surface area contributed by atoms with E-state index in [1.807, 2.05) is 30.3 Å². The lowest BCUT2D eigenvalue weighted by atomic mass is 10.1. The molecule has 1 unspecified atom stereocenters. The van der Waals surface area contributed by atoms with Crippen molar-refractivity contribution in [3.8, 4) is 0 Å². The lowest BCUT2D eigenvalue weighted by Crippen LogP contribution is -2.29. The number of carbonyl (C=O) groups excluding carboxylic acids is 1. The number of carbonyl (C=O) groups is 1. The molecule has 1 heterocycles. The minimum atomic E-state index is -0.308. The van der Waals surface area contributed by atoms with Gasteiger partial charge in [-0.15, -0.1) is 0 Å². The van der Waals surface area contributed by atoms with Crippen LogP contribution in [0.25, 0.3) is 0 Å². The Balaban J connectivity index is 1.76. The van der Waals surface area contributed by atoms with E-state index in [4.69, 9.17) is 4.74 Å². The highest BCUT2D eigenvalue weighted by molar-refractivity contribution is 5.68. The van der Waals surface area contributed by atoms with Gasteiger partial charge in [0.25, 0.3) is 0 Å². The van der Waals surface area contributed by atoms with Crippen molar-refractivity contribution in [2.75, 3.05) is 19.8 Å². The number of nitrogens with zero attached hydrogens (tertiary/aromatic N) is 1. The molecule has 1 aliphatic heterocycles. The first-order chi connectivity index (χ1) is 8.79. The van der Waals surface area contributed by atoms with E-state index >= 15 is 0 Å². The fraction of sp³-hybridized carbons (Fsp3) is 0.500. The van der Waals surface area contributed by atoms with Crippen LogP contribution in [0.2, 0.25) is 0 Å². The predicted molar refractivity (Wildman–Crippen MR) is 66.9 cm³/mol. The number of benzene rings is 1. The van der Waals surface area contributed by atoms with Crippen molar-refractivity contribution in [3.63, 3.8) is 0 Å². The molecule has 0 bridgehead atoms.